The third kappa shape index (κ3) is 3.54. The summed E-state index contributed by atoms with van der Waals surface area (Å²) in [6.07, 6.45) is 0. The predicted molar refractivity (Wildman–Crippen MR) is 91.3 cm³/mol. The van der Waals surface area contributed by atoms with Gasteiger partial charge in [0.05, 0.1) is 5.56 Å². The topological polar surface area (TPSA) is 35.5 Å². The van der Waals surface area contributed by atoms with Gasteiger partial charge >= 0.3 is 0 Å². The molecule has 0 aliphatic carbocycles. The second kappa shape index (κ2) is 7.13. The van der Waals surface area contributed by atoms with E-state index in [2.05, 4.69) is 0 Å². The fourth-order valence-electron chi connectivity index (χ4n) is 2.51. The molecule has 0 saturated heterocycles. The molecular weight excluding hydrogens is 307 g/mol. The number of hydrogen-bond acceptors (Lipinski definition) is 3. The molecule has 3 aromatic carbocycles. The second-order valence-corrected chi connectivity index (χ2v) is 5.37. The Morgan fingerprint density at radius 2 is 1.62 bits per heavy atom. The summed E-state index contributed by atoms with van der Waals surface area (Å²) in [5.41, 5.74) is 0.551. The van der Waals surface area contributed by atoms with Crippen LogP contribution in [0.2, 0.25) is 0 Å². The van der Waals surface area contributed by atoms with E-state index in [-0.39, 0.29) is 18.2 Å². The summed E-state index contributed by atoms with van der Waals surface area (Å²) in [7, 11) is 0. The number of halogens is 1. The molecule has 0 unspecified atom stereocenters. The molecule has 0 saturated carbocycles. The molecule has 4 heteroatoms. The Labute approximate surface area is 139 Å². The zero-order chi connectivity index (χ0) is 16.9. The Hall–Kier alpha value is -2.88. The molecule has 3 nitrogen and oxygen atoms in total. The summed E-state index contributed by atoms with van der Waals surface area (Å²) < 4.78 is 24.2. The van der Waals surface area contributed by atoms with Gasteiger partial charge in [-0.2, -0.15) is 0 Å². The molecule has 0 radical (unpaired) electrons. The number of Topliss-reactive ketones (excluding diaryl/α,β-unsaturated/α-hetero) is 1. The van der Waals surface area contributed by atoms with Gasteiger partial charge in [-0.3, -0.25) is 4.79 Å². The lowest BCUT2D eigenvalue weighted by Crippen LogP contribution is -2.11. The molecule has 0 spiro atoms. The second-order valence-electron chi connectivity index (χ2n) is 5.37. The van der Waals surface area contributed by atoms with Crippen molar-refractivity contribution in [3.63, 3.8) is 0 Å². The van der Waals surface area contributed by atoms with Crippen molar-refractivity contribution in [3.8, 4) is 11.5 Å². The summed E-state index contributed by atoms with van der Waals surface area (Å²) in [5.74, 6) is 0.795. The van der Waals surface area contributed by atoms with Crippen molar-refractivity contribution in [1.82, 2.24) is 0 Å². The van der Waals surface area contributed by atoms with Crippen LogP contribution in [0.15, 0.2) is 60.7 Å². The normalized spacial score (nSPS) is 10.6. The smallest absolute Gasteiger partial charge is 0.163 e. The molecule has 122 valence electrons. The van der Waals surface area contributed by atoms with Gasteiger partial charge in [-0.15, -0.1) is 0 Å². The van der Waals surface area contributed by atoms with E-state index < -0.39 is 0 Å². The number of benzene rings is 3. The average Bonchev–Trinajstić information content (AvgIpc) is 2.60. The Morgan fingerprint density at radius 3 is 2.38 bits per heavy atom. The SMILES string of the molecule is CC(=O)c1ccc2ccccc2c1OCCOc1ccc(F)cc1. The zero-order valence-corrected chi connectivity index (χ0v) is 13.3. The first-order valence-electron chi connectivity index (χ1n) is 7.69. The third-order valence-corrected chi connectivity index (χ3v) is 3.67. The molecule has 3 aromatic rings. The first-order chi connectivity index (χ1) is 11.6. The maximum Gasteiger partial charge on any atom is 0.163 e. The van der Waals surface area contributed by atoms with Crippen LogP contribution in [0.25, 0.3) is 10.8 Å². The van der Waals surface area contributed by atoms with Crippen molar-refractivity contribution in [2.75, 3.05) is 13.2 Å². The van der Waals surface area contributed by atoms with Crippen LogP contribution in [0.4, 0.5) is 4.39 Å². The highest BCUT2D eigenvalue weighted by atomic mass is 19.1. The third-order valence-electron chi connectivity index (χ3n) is 3.67. The van der Waals surface area contributed by atoms with Crippen LogP contribution in [0.1, 0.15) is 17.3 Å². The first kappa shape index (κ1) is 16.0. The van der Waals surface area contributed by atoms with Crippen molar-refractivity contribution in [1.29, 1.82) is 0 Å². The number of ketones is 1. The minimum atomic E-state index is -0.305. The summed E-state index contributed by atoms with van der Waals surface area (Å²) in [6.45, 7) is 2.10. The van der Waals surface area contributed by atoms with E-state index in [0.29, 0.717) is 23.7 Å². The van der Waals surface area contributed by atoms with Gasteiger partial charge in [0.1, 0.15) is 30.5 Å². The lowest BCUT2D eigenvalue weighted by molar-refractivity contribution is 0.101. The Kier molecular flexibility index (Phi) is 4.75. The highest BCUT2D eigenvalue weighted by Gasteiger charge is 2.12. The maximum atomic E-state index is 12.9. The van der Waals surface area contributed by atoms with Gasteiger partial charge in [-0.05, 0) is 42.6 Å². The van der Waals surface area contributed by atoms with Crippen LogP contribution in [0.5, 0.6) is 11.5 Å². The van der Waals surface area contributed by atoms with Gasteiger partial charge in [-0.1, -0.05) is 30.3 Å². The highest BCUT2D eigenvalue weighted by molar-refractivity contribution is 6.03. The molecular formula is C20H17FO3. The minimum absolute atomic E-state index is 0.0461. The molecule has 3 rings (SSSR count). The number of fused-ring (bicyclic) bond motifs is 1. The number of ether oxygens (including phenoxy) is 2. The molecule has 0 fully saturated rings. The van der Waals surface area contributed by atoms with Gasteiger partial charge in [0.2, 0.25) is 0 Å². The van der Waals surface area contributed by atoms with Gasteiger partial charge in [0, 0.05) is 5.39 Å². The van der Waals surface area contributed by atoms with Crippen molar-refractivity contribution in [2.24, 2.45) is 0 Å². The molecule has 24 heavy (non-hydrogen) atoms. The molecule has 0 atom stereocenters. The van der Waals surface area contributed by atoms with E-state index in [0.717, 1.165) is 10.8 Å². The van der Waals surface area contributed by atoms with Crippen LogP contribution >= 0.6 is 0 Å². The fraction of sp³-hybridized carbons (Fsp3) is 0.150. The summed E-state index contributed by atoms with van der Waals surface area (Å²) in [5, 5.41) is 1.91. The van der Waals surface area contributed by atoms with E-state index in [9.17, 15) is 9.18 Å². The molecule has 0 aromatic heterocycles. The van der Waals surface area contributed by atoms with Crippen molar-refractivity contribution < 1.29 is 18.7 Å². The molecule has 0 amide bonds. The largest absolute Gasteiger partial charge is 0.490 e. The summed E-state index contributed by atoms with van der Waals surface area (Å²) in [4.78, 5) is 11.8. The monoisotopic (exact) mass is 324 g/mol. The first-order valence-corrected chi connectivity index (χ1v) is 7.69. The van der Waals surface area contributed by atoms with Gasteiger partial charge in [0.15, 0.2) is 5.78 Å². The van der Waals surface area contributed by atoms with E-state index in [1.807, 2.05) is 30.3 Å². The van der Waals surface area contributed by atoms with Crippen LogP contribution < -0.4 is 9.47 Å². The highest BCUT2D eigenvalue weighted by Crippen LogP contribution is 2.30. The number of rotatable bonds is 6. The quantitative estimate of drug-likeness (QED) is 0.489. The molecule has 0 aliphatic rings. The number of carbonyl (C=O) groups excluding carboxylic acids is 1. The van der Waals surface area contributed by atoms with Gasteiger partial charge in [0.25, 0.3) is 0 Å². The van der Waals surface area contributed by atoms with Crippen LogP contribution in [0.3, 0.4) is 0 Å². The zero-order valence-electron chi connectivity index (χ0n) is 13.3. The Balaban J connectivity index is 1.73. The summed E-state index contributed by atoms with van der Waals surface area (Å²) >= 11 is 0. The predicted octanol–water partition coefficient (Wildman–Crippen LogP) is 4.64. The number of carbonyl (C=O) groups is 1. The standard InChI is InChI=1S/C20H17FO3/c1-14(22)18-11-6-15-4-2-3-5-19(15)20(18)24-13-12-23-17-9-7-16(21)8-10-17/h2-11H,12-13H2,1H3. The van der Waals surface area contributed by atoms with Crippen LogP contribution in [-0.2, 0) is 0 Å². The lowest BCUT2D eigenvalue weighted by Gasteiger charge is -2.13. The average molecular weight is 324 g/mol. The Morgan fingerprint density at radius 1 is 0.917 bits per heavy atom. The van der Waals surface area contributed by atoms with Crippen molar-refractivity contribution in [3.05, 3.63) is 72.0 Å². The van der Waals surface area contributed by atoms with Crippen LogP contribution in [-0.4, -0.2) is 19.0 Å². The minimum Gasteiger partial charge on any atom is -0.490 e. The van der Waals surface area contributed by atoms with Crippen molar-refractivity contribution in [2.45, 2.75) is 6.92 Å². The van der Waals surface area contributed by atoms with Gasteiger partial charge < -0.3 is 9.47 Å². The summed E-state index contributed by atoms with van der Waals surface area (Å²) in [6, 6.07) is 17.3. The van der Waals surface area contributed by atoms with E-state index in [1.54, 1.807) is 18.2 Å². The van der Waals surface area contributed by atoms with Gasteiger partial charge in [-0.25, -0.2) is 4.39 Å². The van der Waals surface area contributed by atoms with E-state index in [1.165, 1.54) is 19.1 Å². The molecule has 0 bridgehead atoms. The molecule has 0 aliphatic heterocycles. The fourth-order valence-corrected chi connectivity index (χ4v) is 2.51. The van der Waals surface area contributed by atoms with E-state index >= 15 is 0 Å². The lowest BCUT2D eigenvalue weighted by atomic mass is 10.0. The Bertz CT molecular complexity index is 856. The van der Waals surface area contributed by atoms with E-state index in [4.69, 9.17) is 9.47 Å². The van der Waals surface area contributed by atoms with Crippen molar-refractivity contribution >= 4 is 16.6 Å². The molecule has 0 N–H and O–H groups in total. The maximum absolute atomic E-state index is 12.9. The molecule has 0 heterocycles. The van der Waals surface area contributed by atoms with Crippen LogP contribution in [0, 0.1) is 5.82 Å². The number of hydrogen-bond donors (Lipinski definition) is 0.